The Morgan fingerprint density at radius 1 is 1.00 bits per heavy atom. The second-order valence-corrected chi connectivity index (χ2v) is 8.06. The average Bonchev–Trinajstić information content (AvgIpc) is 2.99. The molecule has 28 heavy (non-hydrogen) atoms. The predicted octanol–water partition coefficient (Wildman–Crippen LogP) is 3.80. The maximum atomic E-state index is 12.9. The number of amides is 2. The molecule has 0 unspecified atom stereocenters. The second-order valence-electron chi connectivity index (χ2n) is 8.06. The van der Waals surface area contributed by atoms with Crippen molar-refractivity contribution in [2.24, 2.45) is 0 Å². The van der Waals surface area contributed by atoms with Crippen LogP contribution in [0, 0.1) is 0 Å². The number of methoxy groups -OCH3 is 1. The number of imidazole rings is 1. The molecule has 152 valence electrons. The van der Waals surface area contributed by atoms with Crippen LogP contribution in [0.2, 0.25) is 0 Å². The van der Waals surface area contributed by atoms with Gasteiger partial charge in [-0.1, -0.05) is 0 Å². The highest BCUT2D eigenvalue weighted by Gasteiger charge is 2.34. The third-order valence-corrected chi connectivity index (χ3v) is 3.28. The standard InChI is InChI=1S/C19H25N3O6/c1-18(2,3)27-16(24)22(17(25)28-19(4,5)6)13-10-12(15(23)26-7)11-21-9-8-20-14(13)21/h8-11H,1-7H3. The fourth-order valence-corrected chi connectivity index (χ4v) is 2.29. The second kappa shape index (κ2) is 7.49. The summed E-state index contributed by atoms with van der Waals surface area (Å²) in [7, 11) is 1.24. The van der Waals surface area contributed by atoms with E-state index in [9.17, 15) is 14.4 Å². The topological polar surface area (TPSA) is 99.4 Å². The van der Waals surface area contributed by atoms with E-state index in [1.807, 2.05) is 0 Å². The van der Waals surface area contributed by atoms with Crippen molar-refractivity contribution in [2.75, 3.05) is 12.0 Å². The first-order valence-electron chi connectivity index (χ1n) is 8.63. The number of rotatable bonds is 2. The summed E-state index contributed by atoms with van der Waals surface area (Å²) in [5.74, 6) is -0.634. The summed E-state index contributed by atoms with van der Waals surface area (Å²) < 4.78 is 17.0. The first-order chi connectivity index (χ1) is 12.8. The van der Waals surface area contributed by atoms with E-state index in [1.54, 1.807) is 47.7 Å². The zero-order valence-corrected chi connectivity index (χ0v) is 17.1. The molecule has 0 aliphatic rings. The van der Waals surface area contributed by atoms with Gasteiger partial charge in [-0.25, -0.2) is 19.4 Å². The van der Waals surface area contributed by atoms with Gasteiger partial charge in [-0.05, 0) is 47.6 Å². The van der Waals surface area contributed by atoms with Crippen molar-refractivity contribution in [1.82, 2.24) is 9.38 Å². The molecule has 0 aliphatic carbocycles. The number of esters is 1. The highest BCUT2D eigenvalue weighted by atomic mass is 16.6. The van der Waals surface area contributed by atoms with E-state index in [4.69, 9.17) is 14.2 Å². The molecule has 2 heterocycles. The lowest BCUT2D eigenvalue weighted by Gasteiger charge is -2.28. The molecule has 2 amide bonds. The third kappa shape index (κ3) is 4.99. The van der Waals surface area contributed by atoms with Crippen molar-refractivity contribution in [3.8, 4) is 0 Å². The number of fused-ring (bicyclic) bond motifs is 1. The van der Waals surface area contributed by atoms with Gasteiger partial charge in [0, 0.05) is 18.6 Å². The van der Waals surface area contributed by atoms with Crippen molar-refractivity contribution in [1.29, 1.82) is 0 Å². The van der Waals surface area contributed by atoms with E-state index in [1.165, 1.54) is 30.0 Å². The Bertz CT molecular complexity index is 877. The number of pyridine rings is 1. The van der Waals surface area contributed by atoms with Gasteiger partial charge in [-0.15, -0.1) is 0 Å². The summed E-state index contributed by atoms with van der Waals surface area (Å²) in [4.78, 5) is 42.7. The number of hydrogen-bond donors (Lipinski definition) is 0. The lowest BCUT2D eigenvalue weighted by Crippen LogP contribution is -2.44. The molecule has 0 aliphatic heterocycles. The van der Waals surface area contributed by atoms with Crippen LogP contribution in [-0.4, -0.2) is 45.9 Å². The number of ether oxygens (including phenoxy) is 3. The van der Waals surface area contributed by atoms with Crippen molar-refractivity contribution in [3.63, 3.8) is 0 Å². The molecule has 2 rings (SSSR count). The molecule has 2 aromatic heterocycles. The van der Waals surface area contributed by atoms with Crippen LogP contribution in [0.25, 0.3) is 5.65 Å². The molecule has 0 N–H and O–H groups in total. The molecular weight excluding hydrogens is 366 g/mol. The molecule has 0 radical (unpaired) electrons. The van der Waals surface area contributed by atoms with E-state index < -0.39 is 29.4 Å². The first-order valence-corrected chi connectivity index (χ1v) is 8.63. The predicted molar refractivity (Wildman–Crippen MR) is 101 cm³/mol. The third-order valence-electron chi connectivity index (χ3n) is 3.28. The molecule has 0 saturated carbocycles. The van der Waals surface area contributed by atoms with Crippen LogP contribution in [0.1, 0.15) is 51.9 Å². The quantitative estimate of drug-likeness (QED) is 0.567. The number of aromatic nitrogens is 2. The van der Waals surface area contributed by atoms with Crippen molar-refractivity contribution >= 4 is 29.5 Å². The van der Waals surface area contributed by atoms with Crippen molar-refractivity contribution in [2.45, 2.75) is 52.7 Å². The molecule has 0 atom stereocenters. The molecular formula is C19H25N3O6. The number of carbonyl (C=O) groups excluding carboxylic acids is 3. The van der Waals surface area contributed by atoms with Crippen molar-refractivity contribution in [3.05, 3.63) is 30.2 Å². The lowest BCUT2D eigenvalue weighted by atomic mass is 10.2. The fourth-order valence-electron chi connectivity index (χ4n) is 2.29. The van der Waals surface area contributed by atoms with E-state index in [0.717, 1.165) is 4.90 Å². The van der Waals surface area contributed by atoms with Crippen LogP contribution in [0.5, 0.6) is 0 Å². The lowest BCUT2D eigenvalue weighted by molar-refractivity contribution is 0.0429. The van der Waals surface area contributed by atoms with Gasteiger partial charge in [0.1, 0.15) is 16.9 Å². The Balaban J connectivity index is 2.65. The number of carbonyl (C=O) groups is 3. The van der Waals surface area contributed by atoms with E-state index in [0.29, 0.717) is 0 Å². The Morgan fingerprint density at radius 2 is 1.54 bits per heavy atom. The Labute approximate surface area is 163 Å². The van der Waals surface area contributed by atoms with Crippen LogP contribution in [0.3, 0.4) is 0 Å². The van der Waals surface area contributed by atoms with E-state index >= 15 is 0 Å². The molecule has 0 bridgehead atoms. The zero-order valence-electron chi connectivity index (χ0n) is 17.1. The normalized spacial score (nSPS) is 11.8. The van der Waals surface area contributed by atoms with E-state index in [-0.39, 0.29) is 16.9 Å². The summed E-state index contributed by atoms with van der Waals surface area (Å²) in [6.07, 6.45) is 2.64. The molecule has 2 aromatic rings. The number of hydrogen-bond acceptors (Lipinski definition) is 7. The van der Waals surface area contributed by atoms with Crippen LogP contribution in [0.15, 0.2) is 24.7 Å². The fraction of sp³-hybridized carbons (Fsp3) is 0.474. The maximum Gasteiger partial charge on any atom is 0.424 e. The Kier molecular flexibility index (Phi) is 5.67. The SMILES string of the molecule is COC(=O)c1cc(N(C(=O)OC(C)(C)C)C(=O)OC(C)(C)C)c2nccn2c1. The van der Waals surface area contributed by atoms with Gasteiger partial charge in [0.15, 0.2) is 5.65 Å². The largest absolute Gasteiger partial charge is 0.465 e. The monoisotopic (exact) mass is 391 g/mol. The smallest absolute Gasteiger partial charge is 0.424 e. The van der Waals surface area contributed by atoms with Gasteiger partial charge in [0.2, 0.25) is 0 Å². The molecule has 9 nitrogen and oxygen atoms in total. The van der Waals surface area contributed by atoms with Crippen LogP contribution in [0.4, 0.5) is 15.3 Å². The minimum Gasteiger partial charge on any atom is -0.465 e. The average molecular weight is 391 g/mol. The van der Waals surface area contributed by atoms with Gasteiger partial charge in [0.05, 0.1) is 12.7 Å². The van der Waals surface area contributed by atoms with E-state index in [2.05, 4.69) is 4.98 Å². The Hall–Kier alpha value is -3.10. The van der Waals surface area contributed by atoms with Crippen molar-refractivity contribution < 1.29 is 28.6 Å². The highest BCUT2D eigenvalue weighted by molar-refractivity contribution is 6.12. The molecule has 0 saturated heterocycles. The number of imide groups is 1. The summed E-state index contributed by atoms with van der Waals surface area (Å²) in [5.41, 5.74) is -1.28. The van der Waals surface area contributed by atoms with Gasteiger partial charge in [-0.2, -0.15) is 4.90 Å². The highest BCUT2D eigenvalue weighted by Crippen LogP contribution is 2.27. The number of anilines is 1. The zero-order chi connectivity index (χ0) is 21.3. The van der Waals surface area contributed by atoms with Gasteiger partial charge < -0.3 is 18.6 Å². The first kappa shape index (κ1) is 21.2. The van der Waals surface area contributed by atoms with Crippen LogP contribution >= 0.6 is 0 Å². The molecule has 0 aromatic carbocycles. The number of nitrogens with zero attached hydrogens (tertiary/aromatic N) is 3. The van der Waals surface area contributed by atoms with Gasteiger partial charge >= 0.3 is 18.2 Å². The molecule has 0 spiro atoms. The molecule has 0 fully saturated rings. The van der Waals surface area contributed by atoms with Gasteiger partial charge in [0.25, 0.3) is 0 Å². The van der Waals surface area contributed by atoms with Gasteiger partial charge in [-0.3, -0.25) is 0 Å². The molecule has 9 heteroatoms. The Morgan fingerprint density at radius 3 is 2.00 bits per heavy atom. The minimum atomic E-state index is -0.950. The minimum absolute atomic E-state index is 0.0383. The summed E-state index contributed by atoms with van der Waals surface area (Å²) in [6.45, 7) is 10.0. The van der Waals surface area contributed by atoms with Crippen LogP contribution in [-0.2, 0) is 14.2 Å². The summed E-state index contributed by atoms with van der Waals surface area (Å²) in [6, 6.07) is 1.34. The summed E-state index contributed by atoms with van der Waals surface area (Å²) >= 11 is 0. The summed E-state index contributed by atoms with van der Waals surface area (Å²) in [5, 5.41) is 0. The van der Waals surface area contributed by atoms with Crippen LogP contribution < -0.4 is 4.90 Å². The maximum absolute atomic E-state index is 12.9.